The van der Waals surface area contributed by atoms with Crippen LogP contribution in [0.2, 0.25) is 0 Å². The van der Waals surface area contributed by atoms with Crippen molar-refractivity contribution < 1.29 is 9.59 Å². The zero-order valence-electron chi connectivity index (χ0n) is 12.1. The van der Waals surface area contributed by atoms with Crippen LogP contribution in [0.1, 0.15) is 60.0 Å². The van der Waals surface area contributed by atoms with Gasteiger partial charge in [-0.05, 0) is 23.1 Å². The van der Waals surface area contributed by atoms with Gasteiger partial charge in [0.1, 0.15) is 0 Å². The second-order valence-corrected chi connectivity index (χ2v) is 5.82. The number of Topliss-reactive ketones (excluding diaryl/α,β-unsaturated/α-hetero) is 1. The molecule has 19 heavy (non-hydrogen) atoms. The van der Waals surface area contributed by atoms with Gasteiger partial charge in [0.15, 0.2) is 5.78 Å². The second kappa shape index (κ2) is 5.16. The standard InChI is InChI=1S/C16H21NO2/c1-10(2)11-5-6-13-12(9-16(19)17(3)4)8-15(18)14(13)7-11/h5-7,10,12H,8-9H2,1-4H3. The highest BCUT2D eigenvalue weighted by Gasteiger charge is 2.31. The predicted octanol–water partition coefficient (Wildman–Crippen LogP) is 2.96. The fraction of sp³-hybridized carbons (Fsp3) is 0.500. The molecule has 0 bridgehead atoms. The van der Waals surface area contributed by atoms with Gasteiger partial charge in [-0.25, -0.2) is 0 Å². The van der Waals surface area contributed by atoms with Gasteiger partial charge >= 0.3 is 0 Å². The van der Waals surface area contributed by atoms with E-state index in [1.807, 2.05) is 12.1 Å². The van der Waals surface area contributed by atoms with E-state index in [1.54, 1.807) is 19.0 Å². The van der Waals surface area contributed by atoms with E-state index in [-0.39, 0.29) is 17.6 Å². The van der Waals surface area contributed by atoms with E-state index in [9.17, 15) is 9.59 Å². The number of amides is 1. The molecule has 1 aromatic carbocycles. The predicted molar refractivity (Wildman–Crippen MR) is 75.5 cm³/mol. The summed E-state index contributed by atoms with van der Waals surface area (Å²) in [4.78, 5) is 25.5. The zero-order chi connectivity index (χ0) is 14.2. The molecule has 1 atom stereocenters. The first kappa shape index (κ1) is 13.8. The molecule has 3 nitrogen and oxygen atoms in total. The summed E-state index contributed by atoms with van der Waals surface area (Å²) in [6, 6.07) is 6.11. The summed E-state index contributed by atoms with van der Waals surface area (Å²) in [5.74, 6) is 0.729. The maximum absolute atomic E-state index is 12.1. The maximum atomic E-state index is 12.1. The van der Waals surface area contributed by atoms with E-state index < -0.39 is 0 Å². The first-order valence-electron chi connectivity index (χ1n) is 6.77. The lowest BCUT2D eigenvalue weighted by Gasteiger charge is -2.15. The van der Waals surface area contributed by atoms with Crippen molar-refractivity contribution in [3.05, 3.63) is 34.9 Å². The molecule has 3 heteroatoms. The van der Waals surface area contributed by atoms with Crippen LogP contribution in [0.3, 0.4) is 0 Å². The minimum atomic E-state index is 0.0543. The third-order valence-corrected chi connectivity index (χ3v) is 3.84. The van der Waals surface area contributed by atoms with Crippen molar-refractivity contribution in [3.8, 4) is 0 Å². The Labute approximate surface area is 114 Å². The Balaban J connectivity index is 2.27. The Hall–Kier alpha value is -1.64. The smallest absolute Gasteiger partial charge is 0.222 e. The molecule has 1 aliphatic rings. The molecule has 0 radical (unpaired) electrons. The summed E-state index contributed by atoms with van der Waals surface area (Å²) in [7, 11) is 3.50. The van der Waals surface area contributed by atoms with Crippen LogP contribution in [0.4, 0.5) is 0 Å². The second-order valence-electron chi connectivity index (χ2n) is 5.82. The van der Waals surface area contributed by atoms with E-state index in [2.05, 4.69) is 19.9 Å². The topological polar surface area (TPSA) is 37.4 Å². The maximum Gasteiger partial charge on any atom is 0.222 e. The third kappa shape index (κ3) is 2.70. The van der Waals surface area contributed by atoms with E-state index in [4.69, 9.17) is 0 Å². The number of hydrogen-bond donors (Lipinski definition) is 0. The van der Waals surface area contributed by atoms with Crippen LogP contribution in [0.15, 0.2) is 18.2 Å². The summed E-state index contributed by atoms with van der Waals surface area (Å²) in [6.45, 7) is 4.24. The lowest BCUT2D eigenvalue weighted by molar-refractivity contribution is -0.129. The molecule has 1 unspecified atom stereocenters. The number of carbonyl (C=O) groups excluding carboxylic acids is 2. The Morgan fingerprint density at radius 2 is 2.05 bits per heavy atom. The minimum Gasteiger partial charge on any atom is -0.349 e. The van der Waals surface area contributed by atoms with Crippen molar-refractivity contribution in [2.24, 2.45) is 0 Å². The van der Waals surface area contributed by atoms with Crippen molar-refractivity contribution in [3.63, 3.8) is 0 Å². The average Bonchev–Trinajstić information content (AvgIpc) is 2.65. The van der Waals surface area contributed by atoms with Crippen LogP contribution >= 0.6 is 0 Å². The Morgan fingerprint density at radius 3 is 2.63 bits per heavy atom. The van der Waals surface area contributed by atoms with Gasteiger partial charge in [0, 0.05) is 38.4 Å². The largest absolute Gasteiger partial charge is 0.349 e. The first-order chi connectivity index (χ1) is 8.90. The van der Waals surface area contributed by atoms with Crippen LogP contribution in [-0.4, -0.2) is 30.7 Å². The van der Waals surface area contributed by atoms with E-state index >= 15 is 0 Å². The van der Waals surface area contributed by atoms with Gasteiger partial charge in [0.2, 0.25) is 5.91 Å². The molecule has 0 aliphatic heterocycles. The van der Waals surface area contributed by atoms with E-state index in [0.717, 1.165) is 11.1 Å². The van der Waals surface area contributed by atoms with Crippen molar-refractivity contribution in [2.75, 3.05) is 14.1 Å². The van der Waals surface area contributed by atoms with E-state index in [0.29, 0.717) is 18.8 Å². The van der Waals surface area contributed by atoms with Gasteiger partial charge in [-0.15, -0.1) is 0 Å². The highest BCUT2D eigenvalue weighted by molar-refractivity contribution is 6.02. The SMILES string of the molecule is CC(C)c1ccc2c(c1)C(=O)CC2CC(=O)N(C)C. The molecule has 0 N–H and O–H groups in total. The van der Waals surface area contributed by atoms with Crippen LogP contribution in [0.25, 0.3) is 0 Å². The Morgan fingerprint density at radius 1 is 1.37 bits per heavy atom. The average molecular weight is 259 g/mol. The molecule has 1 aromatic rings. The number of ketones is 1. The molecule has 0 spiro atoms. The van der Waals surface area contributed by atoms with Crippen LogP contribution in [-0.2, 0) is 4.79 Å². The minimum absolute atomic E-state index is 0.0543. The van der Waals surface area contributed by atoms with Gasteiger partial charge in [0.25, 0.3) is 0 Å². The first-order valence-corrected chi connectivity index (χ1v) is 6.77. The molecular weight excluding hydrogens is 238 g/mol. The Kier molecular flexibility index (Phi) is 3.74. The van der Waals surface area contributed by atoms with Gasteiger partial charge in [-0.2, -0.15) is 0 Å². The lowest BCUT2D eigenvalue weighted by atomic mass is 9.94. The molecule has 0 saturated carbocycles. The quantitative estimate of drug-likeness (QED) is 0.837. The summed E-state index contributed by atoms with van der Waals surface area (Å²) in [5.41, 5.74) is 3.05. The number of fused-ring (bicyclic) bond motifs is 1. The number of benzene rings is 1. The summed E-state index contributed by atoms with van der Waals surface area (Å²) in [6.07, 6.45) is 0.892. The van der Waals surface area contributed by atoms with Crippen molar-refractivity contribution in [1.82, 2.24) is 4.90 Å². The summed E-state index contributed by atoms with van der Waals surface area (Å²) in [5, 5.41) is 0. The van der Waals surface area contributed by atoms with Crippen LogP contribution < -0.4 is 0 Å². The molecule has 0 heterocycles. The van der Waals surface area contributed by atoms with Gasteiger partial charge in [-0.3, -0.25) is 9.59 Å². The number of carbonyl (C=O) groups is 2. The van der Waals surface area contributed by atoms with Gasteiger partial charge in [0.05, 0.1) is 0 Å². The molecule has 0 fully saturated rings. The molecular formula is C16H21NO2. The number of hydrogen-bond acceptors (Lipinski definition) is 2. The monoisotopic (exact) mass is 259 g/mol. The molecule has 0 saturated heterocycles. The van der Waals surface area contributed by atoms with Crippen molar-refractivity contribution in [2.45, 2.75) is 38.5 Å². The molecule has 102 valence electrons. The number of nitrogens with zero attached hydrogens (tertiary/aromatic N) is 1. The van der Waals surface area contributed by atoms with Crippen LogP contribution in [0, 0.1) is 0 Å². The molecule has 1 amide bonds. The summed E-state index contributed by atoms with van der Waals surface area (Å²) >= 11 is 0. The lowest BCUT2D eigenvalue weighted by Crippen LogP contribution is -2.23. The fourth-order valence-electron chi connectivity index (χ4n) is 2.55. The van der Waals surface area contributed by atoms with Gasteiger partial charge in [-0.1, -0.05) is 26.0 Å². The normalized spacial score (nSPS) is 17.7. The molecule has 0 aromatic heterocycles. The molecule has 1 aliphatic carbocycles. The van der Waals surface area contributed by atoms with Gasteiger partial charge < -0.3 is 4.90 Å². The van der Waals surface area contributed by atoms with Crippen LogP contribution in [0.5, 0.6) is 0 Å². The zero-order valence-corrected chi connectivity index (χ0v) is 12.1. The number of rotatable bonds is 3. The highest BCUT2D eigenvalue weighted by Crippen LogP contribution is 2.37. The fourth-order valence-corrected chi connectivity index (χ4v) is 2.55. The summed E-state index contributed by atoms with van der Waals surface area (Å²) < 4.78 is 0. The highest BCUT2D eigenvalue weighted by atomic mass is 16.2. The Bertz CT molecular complexity index is 517. The molecule has 2 rings (SSSR count). The third-order valence-electron chi connectivity index (χ3n) is 3.84. The van der Waals surface area contributed by atoms with Crippen molar-refractivity contribution in [1.29, 1.82) is 0 Å². The van der Waals surface area contributed by atoms with Crippen molar-refractivity contribution >= 4 is 11.7 Å². The van der Waals surface area contributed by atoms with E-state index in [1.165, 1.54) is 5.56 Å².